The summed E-state index contributed by atoms with van der Waals surface area (Å²) in [6.45, 7) is 0.367. The van der Waals surface area contributed by atoms with Crippen LogP contribution in [0, 0.1) is 11.3 Å². The zero-order chi connectivity index (χ0) is 28.9. The quantitative estimate of drug-likeness (QED) is 0.193. The van der Waals surface area contributed by atoms with Crippen LogP contribution >= 0.6 is 11.6 Å². The normalized spacial score (nSPS) is 13.9. The first-order valence-electron chi connectivity index (χ1n) is 12.5. The number of carbonyl (C=O) groups is 1. The van der Waals surface area contributed by atoms with Gasteiger partial charge in [0.25, 0.3) is 0 Å². The zero-order valence-electron chi connectivity index (χ0n) is 22.2. The molecule has 2 N–H and O–H groups in total. The molecule has 4 aromatic carbocycles. The van der Waals surface area contributed by atoms with E-state index < -0.39 is 11.9 Å². The molecule has 0 unspecified atom stereocenters. The Morgan fingerprint density at radius 3 is 2.32 bits per heavy atom. The minimum Gasteiger partial charge on any atom is -0.493 e. The summed E-state index contributed by atoms with van der Waals surface area (Å²) in [5.74, 6) is 1.21. The Kier molecular flexibility index (Phi) is 7.99. The van der Waals surface area contributed by atoms with Gasteiger partial charge in [-0.25, -0.2) is 4.79 Å². The van der Waals surface area contributed by atoms with Crippen molar-refractivity contribution in [1.82, 2.24) is 0 Å². The van der Waals surface area contributed by atoms with E-state index in [1.165, 1.54) is 7.11 Å². The first-order valence-corrected chi connectivity index (χ1v) is 12.9. The average molecular weight is 569 g/mol. The fraction of sp³-hybridized carbons (Fsp3) is 0.125. The Balaban J connectivity index is 1.33. The largest absolute Gasteiger partial charge is 0.493 e. The Labute approximate surface area is 242 Å². The van der Waals surface area contributed by atoms with E-state index in [2.05, 4.69) is 6.07 Å². The highest BCUT2D eigenvalue weighted by Gasteiger charge is 2.31. The van der Waals surface area contributed by atoms with Gasteiger partial charge in [-0.15, -0.1) is 0 Å². The van der Waals surface area contributed by atoms with Crippen LogP contribution < -0.4 is 29.4 Å². The molecule has 0 saturated carbocycles. The number of fused-ring (bicyclic) bond motifs is 1. The van der Waals surface area contributed by atoms with Gasteiger partial charge in [0.05, 0.1) is 25.7 Å². The van der Waals surface area contributed by atoms with Gasteiger partial charge in [0.1, 0.15) is 35.5 Å². The summed E-state index contributed by atoms with van der Waals surface area (Å²) in [5.41, 5.74) is 9.15. The van der Waals surface area contributed by atoms with E-state index in [4.69, 9.17) is 41.0 Å². The second kappa shape index (κ2) is 11.9. The van der Waals surface area contributed by atoms with E-state index in [0.717, 1.165) is 11.1 Å². The third-order valence-electron chi connectivity index (χ3n) is 6.55. The van der Waals surface area contributed by atoms with Crippen LogP contribution in [0.25, 0.3) is 0 Å². The van der Waals surface area contributed by atoms with Crippen LogP contribution in [0.4, 0.5) is 0 Å². The molecule has 206 valence electrons. The third-order valence-corrected chi connectivity index (χ3v) is 6.80. The topological polar surface area (TPSA) is 113 Å². The van der Waals surface area contributed by atoms with E-state index in [-0.39, 0.29) is 17.2 Å². The molecule has 1 atom stereocenters. The molecule has 0 bridgehead atoms. The first kappa shape index (κ1) is 27.4. The maximum Gasteiger partial charge on any atom is 0.343 e. The standard InChI is InChI=1S/C32H25ClN2O6/c1-37-27-14-7-21(15-29(27)38-2)30-25-13-12-24(16-28(25)41-31(35)26(30)17-34)40-32(36)20-5-10-23(11-6-20)39-18-19-3-8-22(33)9-4-19/h3-16,30H,18,35H2,1-2H3/t30-/m1/s1. The summed E-state index contributed by atoms with van der Waals surface area (Å²) >= 11 is 5.92. The molecule has 0 radical (unpaired) electrons. The molecule has 5 rings (SSSR count). The van der Waals surface area contributed by atoms with Gasteiger partial charge in [-0.3, -0.25) is 0 Å². The van der Waals surface area contributed by atoms with E-state index in [1.807, 2.05) is 18.2 Å². The first-order chi connectivity index (χ1) is 19.9. The van der Waals surface area contributed by atoms with Gasteiger partial charge in [-0.2, -0.15) is 5.26 Å². The lowest BCUT2D eigenvalue weighted by molar-refractivity contribution is 0.0734. The number of halogens is 1. The molecule has 41 heavy (non-hydrogen) atoms. The lowest BCUT2D eigenvalue weighted by Gasteiger charge is -2.27. The Morgan fingerprint density at radius 1 is 0.927 bits per heavy atom. The second-order valence-corrected chi connectivity index (χ2v) is 9.50. The molecule has 0 aliphatic carbocycles. The second-order valence-electron chi connectivity index (χ2n) is 9.07. The molecule has 1 aliphatic rings. The van der Waals surface area contributed by atoms with Gasteiger partial charge in [0, 0.05) is 16.7 Å². The molecule has 9 heteroatoms. The summed E-state index contributed by atoms with van der Waals surface area (Å²) in [7, 11) is 3.09. The van der Waals surface area contributed by atoms with E-state index >= 15 is 0 Å². The molecule has 1 aliphatic heterocycles. The molecule has 0 saturated heterocycles. The molecule has 1 heterocycles. The number of esters is 1. The molecule has 8 nitrogen and oxygen atoms in total. The van der Waals surface area contributed by atoms with Gasteiger partial charge < -0.3 is 29.4 Å². The molecular formula is C32H25ClN2O6. The minimum atomic E-state index is -0.553. The molecule has 4 aromatic rings. The highest BCUT2D eigenvalue weighted by atomic mass is 35.5. The van der Waals surface area contributed by atoms with Crippen LogP contribution in [0.3, 0.4) is 0 Å². The lowest BCUT2D eigenvalue weighted by Crippen LogP contribution is -2.21. The number of nitrogens with zero attached hydrogens (tertiary/aromatic N) is 1. The fourth-order valence-electron chi connectivity index (χ4n) is 4.48. The average Bonchev–Trinajstić information content (AvgIpc) is 3.00. The van der Waals surface area contributed by atoms with Crippen molar-refractivity contribution >= 4 is 17.6 Å². The highest BCUT2D eigenvalue weighted by molar-refractivity contribution is 6.30. The van der Waals surface area contributed by atoms with E-state index in [1.54, 1.807) is 73.8 Å². The fourth-order valence-corrected chi connectivity index (χ4v) is 4.60. The van der Waals surface area contributed by atoms with Gasteiger partial charge >= 0.3 is 5.97 Å². The van der Waals surface area contributed by atoms with Crippen molar-refractivity contribution in [1.29, 1.82) is 5.26 Å². The number of hydrogen-bond donors (Lipinski definition) is 1. The number of rotatable bonds is 8. The number of carbonyl (C=O) groups excluding carboxylic acids is 1. The van der Waals surface area contributed by atoms with Crippen LogP contribution in [0.2, 0.25) is 5.02 Å². The van der Waals surface area contributed by atoms with Crippen molar-refractivity contribution in [3.63, 3.8) is 0 Å². The van der Waals surface area contributed by atoms with Gasteiger partial charge in [-0.05, 0) is 65.7 Å². The summed E-state index contributed by atoms with van der Waals surface area (Å²) in [6.07, 6.45) is 0. The van der Waals surface area contributed by atoms with Crippen LogP contribution in [0.5, 0.6) is 28.7 Å². The van der Waals surface area contributed by atoms with Crippen LogP contribution in [0.15, 0.2) is 96.4 Å². The third kappa shape index (κ3) is 5.91. The monoisotopic (exact) mass is 568 g/mol. The Hall–Kier alpha value is -5.13. The number of hydrogen-bond acceptors (Lipinski definition) is 8. The van der Waals surface area contributed by atoms with Crippen molar-refractivity contribution in [2.24, 2.45) is 5.73 Å². The van der Waals surface area contributed by atoms with Crippen molar-refractivity contribution in [3.05, 3.63) is 124 Å². The van der Waals surface area contributed by atoms with Crippen molar-refractivity contribution in [2.75, 3.05) is 14.2 Å². The summed E-state index contributed by atoms with van der Waals surface area (Å²) in [6, 6.07) is 26.5. The van der Waals surface area contributed by atoms with Crippen LogP contribution in [-0.4, -0.2) is 20.2 Å². The van der Waals surface area contributed by atoms with E-state index in [0.29, 0.717) is 45.8 Å². The predicted octanol–water partition coefficient (Wildman–Crippen LogP) is 6.37. The summed E-state index contributed by atoms with van der Waals surface area (Å²) in [5, 5.41) is 10.5. The highest BCUT2D eigenvalue weighted by Crippen LogP contribution is 2.45. The number of allylic oxidation sites excluding steroid dienone is 1. The number of benzene rings is 4. The molecule has 0 fully saturated rings. The molecule has 0 aromatic heterocycles. The van der Waals surface area contributed by atoms with Gasteiger partial charge in [-0.1, -0.05) is 35.9 Å². The number of nitrogens with two attached hydrogens (primary N) is 1. The smallest absolute Gasteiger partial charge is 0.343 e. The molecular weight excluding hydrogens is 544 g/mol. The minimum absolute atomic E-state index is 0.0301. The summed E-state index contributed by atoms with van der Waals surface area (Å²) < 4.78 is 27.9. The SMILES string of the molecule is COc1ccc([C@H]2C(C#N)=C(N)Oc3cc(OC(=O)c4ccc(OCc5ccc(Cl)cc5)cc4)ccc32)cc1OC. The van der Waals surface area contributed by atoms with Crippen LogP contribution in [0.1, 0.15) is 33.0 Å². The number of nitriles is 1. The number of ether oxygens (including phenoxy) is 5. The van der Waals surface area contributed by atoms with Crippen LogP contribution in [-0.2, 0) is 6.61 Å². The van der Waals surface area contributed by atoms with Crippen molar-refractivity contribution in [3.8, 4) is 34.8 Å². The van der Waals surface area contributed by atoms with Gasteiger partial charge in [0.2, 0.25) is 5.88 Å². The Morgan fingerprint density at radius 2 is 1.63 bits per heavy atom. The predicted molar refractivity (Wildman–Crippen MR) is 152 cm³/mol. The van der Waals surface area contributed by atoms with E-state index in [9.17, 15) is 10.1 Å². The van der Waals surface area contributed by atoms with Crippen molar-refractivity contribution in [2.45, 2.75) is 12.5 Å². The molecule has 0 amide bonds. The van der Waals surface area contributed by atoms with Crippen molar-refractivity contribution < 1.29 is 28.5 Å². The van der Waals surface area contributed by atoms with Gasteiger partial charge in [0.15, 0.2) is 11.5 Å². The summed E-state index contributed by atoms with van der Waals surface area (Å²) in [4.78, 5) is 12.9. The maximum absolute atomic E-state index is 12.9. The Bertz CT molecular complexity index is 1660. The maximum atomic E-state index is 12.9. The zero-order valence-corrected chi connectivity index (χ0v) is 23.0. The lowest BCUT2D eigenvalue weighted by atomic mass is 9.83. The molecule has 0 spiro atoms. The number of methoxy groups -OCH3 is 2.